The Morgan fingerprint density at radius 1 is 1.44 bits per heavy atom. The fourth-order valence-electron chi connectivity index (χ4n) is 3.36. The third-order valence-electron chi connectivity index (χ3n) is 4.35. The van der Waals surface area contributed by atoms with Crippen molar-refractivity contribution in [2.75, 3.05) is 40.3 Å². The van der Waals surface area contributed by atoms with Gasteiger partial charge in [-0.15, -0.1) is 0 Å². The van der Waals surface area contributed by atoms with Crippen LogP contribution in [-0.4, -0.2) is 51.2 Å². The van der Waals surface area contributed by atoms with Crippen LogP contribution in [0.2, 0.25) is 0 Å². The number of rotatable bonds is 4. The lowest BCUT2D eigenvalue weighted by Crippen LogP contribution is -2.44. The molecule has 0 aliphatic carbocycles. The summed E-state index contributed by atoms with van der Waals surface area (Å²) >= 11 is 0. The highest BCUT2D eigenvalue weighted by Crippen LogP contribution is 2.24. The van der Waals surface area contributed by atoms with Gasteiger partial charge in [-0.05, 0) is 71.2 Å². The SMILES string of the molecule is CNC(CC1CCNC1)C1CCCN(C)C1. The first kappa shape index (κ1) is 12.3. The minimum Gasteiger partial charge on any atom is -0.317 e. The standard InChI is InChI=1S/C13H27N3/c1-14-13(8-11-5-6-15-9-11)12-4-3-7-16(2)10-12/h11-15H,3-10H2,1-2H3. The van der Waals surface area contributed by atoms with Gasteiger partial charge in [-0.3, -0.25) is 0 Å². The first-order chi connectivity index (χ1) is 7.79. The maximum absolute atomic E-state index is 3.56. The van der Waals surface area contributed by atoms with Crippen LogP contribution >= 0.6 is 0 Å². The highest BCUT2D eigenvalue weighted by atomic mass is 15.1. The van der Waals surface area contributed by atoms with E-state index in [0.717, 1.165) is 17.9 Å². The zero-order chi connectivity index (χ0) is 11.4. The summed E-state index contributed by atoms with van der Waals surface area (Å²) in [7, 11) is 4.40. The lowest BCUT2D eigenvalue weighted by molar-refractivity contribution is 0.164. The van der Waals surface area contributed by atoms with Gasteiger partial charge < -0.3 is 15.5 Å². The van der Waals surface area contributed by atoms with Crippen molar-refractivity contribution >= 4 is 0 Å². The molecule has 0 aromatic rings. The van der Waals surface area contributed by atoms with Crippen molar-refractivity contribution in [1.29, 1.82) is 0 Å². The molecule has 0 spiro atoms. The third-order valence-corrected chi connectivity index (χ3v) is 4.35. The molecule has 0 aromatic carbocycles. The van der Waals surface area contributed by atoms with E-state index < -0.39 is 0 Å². The second kappa shape index (κ2) is 5.99. The summed E-state index contributed by atoms with van der Waals surface area (Å²) in [6.45, 7) is 5.04. The molecule has 2 N–H and O–H groups in total. The van der Waals surface area contributed by atoms with E-state index in [4.69, 9.17) is 0 Å². The second-order valence-electron chi connectivity index (χ2n) is 5.65. The Kier molecular flexibility index (Phi) is 4.62. The molecule has 3 heteroatoms. The molecule has 0 aromatic heterocycles. The van der Waals surface area contributed by atoms with Crippen LogP contribution in [0, 0.1) is 11.8 Å². The Hall–Kier alpha value is -0.120. The highest BCUT2D eigenvalue weighted by molar-refractivity contribution is 4.85. The molecule has 2 heterocycles. The minimum atomic E-state index is 0.729. The summed E-state index contributed by atoms with van der Waals surface area (Å²) in [5.74, 6) is 1.77. The lowest BCUT2D eigenvalue weighted by Gasteiger charge is -2.36. The molecule has 0 bridgehead atoms. The van der Waals surface area contributed by atoms with Crippen LogP contribution in [0.25, 0.3) is 0 Å². The fourth-order valence-corrected chi connectivity index (χ4v) is 3.36. The normalized spacial score (nSPS) is 34.1. The van der Waals surface area contributed by atoms with Gasteiger partial charge in [0.1, 0.15) is 0 Å². The van der Waals surface area contributed by atoms with Crippen molar-refractivity contribution in [1.82, 2.24) is 15.5 Å². The summed E-state index contributed by atoms with van der Waals surface area (Å²) in [6, 6.07) is 0.729. The van der Waals surface area contributed by atoms with E-state index in [1.165, 1.54) is 51.9 Å². The van der Waals surface area contributed by atoms with Crippen molar-refractivity contribution < 1.29 is 0 Å². The number of nitrogens with one attached hydrogen (secondary N) is 2. The number of likely N-dealkylation sites (tertiary alicyclic amines) is 1. The largest absolute Gasteiger partial charge is 0.317 e. The summed E-state index contributed by atoms with van der Waals surface area (Å²) in [5, 5.41) is 7.04. The molecule has 3 atom stereocenters. The monoisotopic (exact) mass is 225 g/mol. The molecule has 2 saturated heterocycles. The van der Waals surface area contributed by atoms with Crippen LogP contribution in [0.3, 0.4) is 0 Å². The Morgan fingerprint density at radius 2 is 2.31 bits per heavy atom. The zero-order valence-corrected chi connectivity index (χ0v) is 10.8. The van der Waals surface area contributed by atoms with E-state index in [1.54, 1.807) is 0 Å². The Morgan fingerprint density at radius 3 is 2.94 bits per heavy atom. The van der Waals surface area contributed by atoms with E-state index in [9.17, 15) is 0 Å². The van der Waals surface area contributed by atoms with E-state index in [0.29, 0.717) is 0 Å². The number of nitrogens with zero attached hydrogens (tertiary/aromatic N) is 1. The minimum absolute atomic E-state index is 0.729. The Bertz CT molecular complexity index is 201. The Labute approximate surface area is 100.0 Å². The lowest BCUT2D eigenvalue weighted by atomic mass is 9.85. The molecule has 0 amide bonds. The van der Waals surface area contributed by atoms with Crippen molar-refractivity contribution in [3.63, 3.8) is 0 Å². The topological polar surface area (TPSA) is 27.3 Å². The molecule has 0 radical (unpaired) electrons. The number of hydrogen-bond acceptors (Lipinski definition) is 3. The quantitative estimate of drug-likeness (QED) is 0.745. The van der Waals surface area contributed by atoms with Crippen LogP contribution in [0.1, 0.15) is 25.7 Å². The van der Waals surface area contributed by atoms with Crippen LogP contribution < -0.4 is 10.6 Å². The second-order valence-corrected chi connectivity index (χ2v) is 5.65. The molecule has 2 aliphatic heterocycles. The summed E-state index contributed by atoms with van der Waals surface area (Å²) in [4.78, 5) is 2.49. The van der Waals surface area contributed by atoms with E-state index in [1.807, 2.05) is 0 Å². The van der Waals surface area contributed by atoms with Gasteiger partial charge in [0.2, 0.25) is 0 Å². The van der Waals surface area contributed by atoms with Gasteiger partial charge in [-0.1, -0.05) is 0 Å². The summed E-state index contributed by atoms with van der Waals surface area (Å²) < 4.78 is 0. The number of hydrogen-bond donors (Lipinski definition) is 2. The first-order valence-corrected chi connectivity index (χ1v) is 6.86. The van der Waals surface area contributed by atoms with Gasteiger partial charge in [0, 0.05) is 12.6 Å². The van der Waals surface area contributed by atoms with Gasteiger partial charge in [0.25, 0.3) is 0 Å². The van der Waals surface area contributed by atoms with Crippen LogP contribution in [0.5, 0.6) is 0 Å². The van der Waals surface area contributed by atoms with Crippen LogP contribution in [0.15, 0.2) is 0 Å². The Balaban J connectivity index is 1.82. The van der Waals surface area contributed by atoms with E-state index in [2.05, 4.69) is 29.6 Å². The van der Waals surface area contributed by atoms with Gasteiger partial charge in [0.15, 0.2) is 0 Å². The summed E-state index contributed by atoms with van der Waals surface area (Å²) in [6.07, 6.45) is 5.53. The van der Waals surface area contributed by atoms with Crippen molar-refractivity contribution in [2.24, 2.45) is 11.8 Å². The molecule has 0 saturated carbocycles. The molecule has 3 nitrogen and oxygen atoms in total. The molecular weight excluding hydrogens is 198 g/mol. The number of piperidine rings is 1. The molecule has 3 unspecified atom stereocenters. The predicted octanol–water partition coefficient (Wildman–Crippen LogP) is 0.916. The fraction of sp³-hybridized carbons (Fsp3) is 1.00. The van der Waals surface area contributed by atoms with Crippen molar-refractivity contribution in [3.05, 3.63) is 0 Å². The average molecular weight is 225 g/mol. The molecule has 2 aliphatic rings. The molecule has 2 rings (SSSR count). The smallest absolute Gasteiger partial charge is 0.0108 e. The maximum atomic E-state index is 3.56. The van der Waals surface area contributed by atoms with Gasteiger partial charge in [-0.25, -0.2) is 0 Å². The van der Waals surface area contributed by atoms with Crippen molar-refractivity contribution in [3.8, 4) is 0 Å². The predicted molar refractivity (Wildman–Crippen MR) is 68.7 cm³/mol. The molecule has 2 fully saturated rings. The average Bonchev–Trinajstić information content (AvgIpc) is 2.78. The van der Waals surface area contributed by atoms with E-state index in [-0.39, 0.29) is 0 Å². The molecule has 94 valence electrons. The van der Waals surface area contributed by atoms with Crippen LogP contribution in [-0.2, 0) is 0 Å². The van der Waals surface area contributed by atoms with Gasteiger partial charge >= 0.3 is 0 Å². The zero-order valence-electron chi connectivity index (χ0n) is 10.8. The van der Waals surface area contributed by atoms with Crippen molar-refractivity contribution in [2.45, 2.75) is 31.7 Å². The van der Waals surface area contributed by atoms with Crippen LogP contribution in [0.4, 0.5) is 0 Å². The first-order valence-electron chi connectivity index (χ1n) is 6.86. The molecule has 16 heavy (non-hydrogen) atoms. The maximum Gasteiger partial charge on any atom is 0.0108 e. The molecular formula is C13H27N3. The third kappa shape index (κ3) is 3.19. The highest BCUT2D eigenvalue weighted by Gasteiger charge is 2.27. The van der Waals surface area contributed by atoms with E-state index >= 15 is 0 Å². The van der Waals surface area contributed by atoms with Gasteiger partial charge in [0.05, 0.1) is 0 Å². The van der Waals surface area contributed by atoms with Gasteiger partial charge in [-0.2, -0.15) is 0 Å². The summed E-state index contributed by atoms with van der Waals surface area (Å²) in [5.41, 5.74) is 0.